The number of rotatable bonds is 2. The summed E-state index contributed by atoms with van der Waals surface area (Å²) in [5, 5.41) is 3.29. The van der Waals surface area contributed by atoms with Gasteiger partial charge in [0, 0.05) is 12.1 Å². The van der Waals surface area contributed by atoms with Crippen LogP contribution in [0.2, 0.25) is 0 Å². The lowest BCUT2D eigenvalue weighted by molar-refractivity contribution is -0.112. The third-order valence-corrected chi connectivity index (χ3v) is 2.74. The van der Waals surface area contributed by atoms with Crippen molar-refractivity contribution in [1.29, 1.82) is 0 Å². The first-order chi connectivity index (χ1) is 7.18. The summed E-state index contributed by atoms with van der Waals surface area (Å²) in [5.41, 5.74) is 8.97. The molecule has 0 unspecified atom stereocenters. The van der Waals surface area contributed by atoms with E-state index in [1.54, 1.807) is 0 Å². The Kier molecular flexibility index (Phi) is 2.56. The molecule has 78 valence electrons. The van der Waals surface area contributed by atoms with Gasteiger partial charge >= 0.3 is 0 Å². The molecule has 1 heterocycles. The average Bonchev–Trinajstić information content (AvgIpc) is 2.27. The molecular formula is C12H14N2O. The fraction of sp³-hybridized carbons (Fsp3) is 0.250. The van der Waals surface area contributed by atoms with Crippen molar-refractivity contribution in [2.75, 3.05) is 6.54 Å². The molecule has 3 nitrogen and oxygen atoms in total. The third kappa shape index (κ3) is 1.92. The zero-order valence-electron chi connectivity index (χ0n) is 8.55. The zero-order valence-corrected chi connectivity index (χ0v) is 8.55. The van der Waals surface area contributed by atoms with E-state index >= 15 is 0 Å². The Morgan fingerprint density at radius 3 is 2.93 bits per heavy atom. The smallest absolute Gasteiger partial charge is 0.248 e. The summed E-state index contributed by atoms with van der Waals surface area (Å²) in [5.74, 6) is -0.460. The molecule has 2 rings (SSSR count). The predicted octanol–water partition coefficient (Wildman–Crippen LogP) is 0.831. The topological polar surface area (TPSA) is 55.1 Å². The van der Waals surface area contributed by atoms with Gasteiger partial charge in [-0.3, -0.25) is 4.79 Å². The van der Waals surface area contributed by atoms with Crippen molar-refractivity contribution in [3.05, 3.63) is 41.5 Å². The highest BCUT2D eigenvalue weighted by molar-refractivity contribution is 6.17. The molecule has 1 aliphatic rings. The van der Waals surface area contributed by atoms with Gasteiger partial charge in [0.05, 0.1) is 0 Å². The van der Waals surface area contributed by atoms with E-state index < -0.39 is 5.91 Å². The molecule has 0 saturated carbocycles. The van der Waals surface area contributed by atoms with E-state index in [0.29, 0.717) is 5.57 Å². The molecule has 0 aromatic heterocycles. The summed E-state index contributed by atoms with van der Waals surface area (Å²) in [6, 6.07) is 5.96. The van der Waals surface area contributed by atoms with Crippen LogP contribution in [0.5, 0.6) is 0 Å². The maximum absolute atomic E-state index is 11.0. The van der Waals surface area contributed by atoms with Crippen molar-refractivity contribution in [3.8, 4) is 0 Å². The normalized spacial score (nSPS) is 14.4. The Bertz CT molecular complexity index is 424. The van der Waals surface area contributed by atoms with Crippen LogP contribution < -0.4 is 11.1 Å². The summed E-state index contributed by atoms with van der Waals surface area (Å²) >= 11 is 0. The van der Waals surface area contributed by atoms with Crippen molar-refractivity contribution in [2.24, 2.45) is 5.73 Å². The van der Waals surface area contributed by atoms with Crippen LogP contribution in [0.3, 0.4) is 0 Å². The lowest BCUT2D eigenvalue weighted by atomic mass is 9.96. The number of nitrogens with one attached hydrogen (secondary N) is 1. The molecule has 1 aromatic carbocycles. The van der Waals surface area contributed by atoms with E-state index in [-0.39, 0.29) is 0 Å². The van der Waals surface area contributed by atoms with Crippen LogP contribution in [-0.2, 0) is 17.8 Å². The first-order valence-electron chi connectivity index (χ1n) is 5.00. The summed E-state index contributed by atoms with van der Waals surface area (Å²) in [6.45, 7) is 5.55. The van der Waals surface area contributed by atoms with Crippen LogP contribution >= 0.6 is 0 Å². The number of fused-ring (bicyclic) bond motifs is 1. The Morgan fingerprint density at radius 2 is 2.20 bits per heavy atom. The van der Waals surface area contributed by atoms with E-state index in [0.717, 1.165) is 25.1 Å². The van der Waals surface area contributed by atoms with E-state index in [1.165, 1.54) is 11.1 Å². The summed E-state index contributed by atoms with van der Waals surface area (Å²) < 4.78 is 0. The van der Waals surface area contributed by atoms with Crippen molar-refractivity contribution in [1.82, 2.24) is 5.32 Å². The second-order valence-electron chi connectivity index (χ2n) is 3.75. The molecule has 1 aliphatic heterocycles. The molecule has 1 aromatic rings. The van der Waals surface area contributed by atoms with Gasteiger partial charge in [0.15, 0.2) is 0 Å². The van der Waals surface area contributed by atoms with Gasteiger partial charge in [-0.2, -0.15) is 0 Å². The fourth-order valence-corrected chi connectivity index (χ4v) is 1.81. The Morgan fingerprint density at radius 1 is 1.40 bits per heavy atom. The number of primary amides is 1. The summed E-state index contributed by atoms with van der Waals surface area (Å²) in [7, 11) is 0. The largest absolute Gasteiger partial charge is 0.366 e. The molecular weight excluding hydrogens is 188 g/mol. The maximum Gasteiger partial charge on any atom is 0.248 e. The maximum atomic E-state index is 11.0. The molecule has 0 fully saturated rings. The molecule has 0 saturated heterocycles. The molecule has 0 atom stereocenters. The van der Waals surface area contributed by atoms with Crippen LogP contribution in [0.15, 0.2) is 24.8 Å². The van der Waals surface area contributed by atoms with Crippen LogP contribution in [0, 0.1) is 0 Å². The minimum absolute atomic E-state index is 0.378. The quantitative estimate of drug-likeness (QED) is 0.698. The van der Waals surface area contributed by atoms with Gasteiger partial charge in [0.25, 0.3) is 0 Å². The Hall–Kier alpha value is -1.61. The number of amides is 1. The van der Waals surface area contributed by atoms with Gasteiger partial charge in [-0.1, -0.05) is 18.7 Å². The first kappa shape index (κ1) is 9.93. The molecule has 15 heavy (non-hydrogen) atoms. The molecule has 3 N–H and O–H groups in total. The van der Waals surface area contributed by atoms with E-state index in [9.17, 15) is 4.79 Å². The highest BCUT2D eigenvalue weighted by atomic mass is 16.1. The van der Waals surface area contributed by atoms with Crippen molar-refractivity contribution >= 4 is 11.5 Å². The van der Waals surface area contributed by atoms with E-state index in [2.05, 4.69) is 18.0 Å². The van der Waals surface area contributed by atoms with Gasteiger partial charge in [-0.25, -0.2) is 0 Å². The number of carbonyl (C=O) groups is 1. The SMILES string of the molecule is C=C(C(N)=O)c1ccc2c(c1)CNCC2. The molecule has 1 amide bonds. The van der Waals surface area contributed by atoms with Gasteiger partial charge in [0.1, 0.15) is 0 Å². The average molecular weight is 202 g/mol. The number of carbonyl (C=O) groups excluding carboxylic acids is 1. The molecule has 0 aliphatic carbocycles. The monoisotopic (exact) mass is 202 g/mol. The fourth-order valence-electron chi connectivity index (χ4n) is 1.81. The summed E-state index contributed by atoms with van der Waals surface area (Å²) in [6.07, 6.45) is 1.04. The second-order valence-corrected chi connectivity index (χ2v) is 3.75. The molecule has 0 spiro atoms. The van der Waals surface area contributed by atoms with Crippen molar-refractivity contribution in [3.63, 3.8) is 0 Å². The van der Waals surface area contributed by atoms with Gasteiger partial charge in [0.2, 0.25) is 5.91 Å². The minimum Gasteiger partial charge on any atom is -0.366 e. The van der Waals surface area contributed by atoms with Crippen molar-refractivity contribution in [2.45, 2.75) is 13.0 Å². The highest BCUT2D eigenvalue weighted by Crippen LogP contribution is 2.19. The standard InChI is InChI=1S/C12H14N2O/c1-8(12(13)15)10-3-2-9-4-5-14-7-11(9)6-10/h2-3,6,14H,1,4-5,7H2,(H2,13,15). The summed E-state index contributed by atoms with van der Waals surface area (Å²) in [4.78, 5) is 11.0. The predicted molar refractivity (Wildman–Crippen MR) is 60.1 cm³/mol. The van der Waals surface area contributed by atoms with E-state index in [4.69, 9.17) is 5.73 Å². The number of hydrogen-bond donors (Lipinski definition) is 2. The van der Waals surface area contributed by atoms with Crippen LogP contribution in [0.4, 0.5) is 0 Å². The minimum atomic E-state index is -0.460. The first-order valence-corrected chi connectivity index (χ1v) is 5.00. The Labute approximate surface area is 89.0 Å². The lowest BCUT2D eigenvalue weighted by Gasteiger charge is -2.17. The van der Waals surface area contributed by atoms with Gasteiger partial charge < -0.3 is 11.1 Å². The van der Waals surface area contributed by atoms with Crippen LogP contribution in [-0.4, -0.2) is 12.5 Å². The van der Waals surface area contributed by atoms with Crippen molar-refractivity contribution < 1.29 is 4.79 Å². The second kappa shape index (κ2) is 3.87. The van der Waals surface area contributed by atoms with E-state index in [1.807, 2.05) is 12.1 Å². The zero-order chi connectivity index (χ0) is 10.8. The third-order valence-electron chi connectivity index (χ3n) is 2.74. The molecule has 3 heteroatoms. The molecule has 0 bridgehead atoms. The van der Waals surface area contributed by atoms with Gasteiger partial charge in [-0.05, 0) is 35.7 Å². The lowest BCUT2D eigenvalue weighted by Crippen LogP contribution is -2.23. The molecule has 0 radical (unpaired) electrons. The number of nitrogens with two attached hydrogens (primary N) is 1. The van der Waals surface area contributed by atoms with Crippen LogP contribution in [0.1, 0.15) is 16.7 Å². The Balaban J connectivity index is 2.36. The van der Waals surface area contributed by atoms with Gasteiger partial charge in [-0.15, -0.1) is 0 Å². The number of benzene rings is 1. The number of hydrogen-bond acceptors (Lipinski definition) is 2. The highest BCUT2D eigenvalue weighted by Gasteiger charge is 2.11. The van der Waals surface area contributed by atoms with Crippen LogP contribution in [0.25, 0.3) is 5.57 Å².